The van der Waals surface area contributed by atoms with Gasteiger partial charge in [0.05, 0.1) is 11.4 Å². The summed E-state index contributed by atoms with van der Waals surface area (Å²) in [4.78, 5) is 0. The summed E-state index contributed by atoms with van der Waals surface area (Å²) in [6.07, 6.45) is 5.52. The van der Waals surface area contributed by atoms with E-state index in [1.807, 2.05) is 0 Å². The molecule has 0 spiro atoms. The maximum atomic E-state index is 4.53. The summed E-state index contributed by atoms with van der Waals surface area (Å²) in [5.41, 5.74) is 2.49. The van der Waals surface area contributed by atoms with Gasteiger partial charge in [-0.2, -0.15) is 5.10 Å². The van der Waals surface area contributed by atoms with E-state index in [-0.39, 0.29) is 0 Å². The minimum atomic E-state index is 0.478. The molecular weight excluding hydrogens is 198 g/mol. The molecule has 0 aliphatic heterocycles. The van der Waals surface area contributed by atoms with Gasteiger partial charge in [-0.3, -0.25) is 4.68 Å². The summed E-state index contributed by atoms with van der Waals surface area (Å²) >= 11 is 0. The predicted octanol–water partition coefficient (Wildman–Crippen LogP) is 2.66. The Bertz CT molecular complexity index is 339. The molecule has 3 nitrogen and oxygen atoms in total. The average molecular weight is 221 g/mol. The molecule has 90 valence electrons. The van der Waals surface area contributed by atoms with Gasteiger partial charge in [0.2, 0.25) is 0 Å². The smallest absolute Gasteiger partial charge is 0.0597 e. The van der Waals surface area contributed by atoms with E-state index in [0.29, 0.717) is 6.04 Å². The number of nitrogens with zero attached hydrogens (tertiary/aromatic N) is 2. The van der Waals surface area contributed by atoms with Crippen molar-refractivity contribution in [3.63, 3.8) is 0 Å². The first-order chi connectivity index (χ1) is 7.74. The largest absolute Gasteiger partial charge is 0.312 e. The fourth-order valence-electron chi connectivity index (χ4n) is 2.55. The third kappa shape index (κ3) is 2.29. The molecule has 1 unspecified atom stereocenters. The SMILES string of the molecule is CCn1nc(C)cc1C(CC1CCC1)NC. The van der Waals surface area contributed by atoms with E-state index in [1.165, 1.54) is 31.4 Å². The average Bonchev–Trinajstić information content (AvgIpc) is 2.58. The molecule has 0 saturated heterocycles. The van der Waals surface area contributed by atoms with Gasteiger partial charge in [0.1, 0.15) is 0 Å². The van der Waals surface area contributed by atoms with E-state index in [1.54, 1.807) is 0 Å². The molecule has 0 aromatic carbocycles. The Morgan fingerprint density at radius 2 is 2.31 bits per heavy atom. The Labute approximate surface area is 98.2 Å². The number of nitrogens with one attached hydrogen (secondary N) is 1. The second-order valence-electron chi connectivity index (χ2n) is 4.90. The lowest BCUT2D eigenvalue weighted by Gasteiger charge is -2.29. The normalized spacial score (nSPS) is 18.4. The minimum absolute atomic E-state index is 0.478. The first kappa shape index (κ1) is 11.6. The van der Waals surface area contributed by atoms with Crippen molar-refractivity contribution >= 4 is 0 Å². The Balaban J connectivity index is 2.10. The molecule has 1 fully saturated rings. The highest BCUT2D eigenvalue weighted by molar-refractivity contribution is 5.13. The van der Waals surface area contributed by atoms with Crippen molar-refractivity contribution in [2.24, 2.45) is 5.92 Å². The van der Waals surface area contributed by atoms with Gasteiger partial charge in [-0.1, -0.05) is 19.3 Å². The van der Waals surface area contributed by atoms with E-state index < -0.39 is 0 Å². The van der Waals surface area contributed by atoms with Crippen LogP contribution < -0.4 is 5.32 Å². The Kier molecular flexibility index (Phi) is 3.64. The molecule has 0 bridgehead atoms. The monoisotopic (exact) mass is 221 g/mol. The fraction of sp³-hybridized carbons (Fsp3) is 0.769. The second kappa shape index (κ2) is 5.00. The van der Waals surface area contributed by atoms with Crippen LogP contribution in [0.5, 0.6) is 0 Å². The summed E-state index contributed by atoms with van der Waals surface area (Å²) in [7, 11) is 2.06. The molecule has 2 rings (SSSR count). The van der Waals surface area contributed by atoms with E-state index in [9.17, 15) is 0 Å². The molecule has 1 aromatic rings. The number of hydrogen-bond acceptors (Lipinski definition) is 2. The molecule has 1 heterocycles. The second-order valence-corrected chi connectivity index (χ2v) is 4.90. The molecule has 1 aliphatic carbocycles. The third-order valence-corrected chi connectivity index (χ3v) is 3.73. The highest BCUT2D eigenvalue weighted by Crippen LogP contribution is 2.34. The summed E-state index contributed by atoms with van der Waals surface area (Å²) in [5.74, 6) is 0.929. The van der Waals surface area contributed by atoms with Crippen molar-refractivity contribution in [1.29, 1.82) is 0 Å². The van der Waals surface area contributed by atoms with Crippen LogP contribution in [0.15, 0.2) is 6.07 Å². The van der Waals surface area contributed by atoms with Gasteiger partial charge in [-0.25, -0.2) is 0 Å². The van der Waals surface area contributed by atoms with Crippen LogP contribution in [0.3, 0.4) is 0 Å². The number of rotatable bonds is 5. The minimum Gasteiger partial charge on any atom is -0.312 e. The van der Waals surface area contributed by atoms with Crippen LogP contribution in [0, 0.1) is 12.8 Å². The van der Waals surface area contributed by atoms with Crippen LogP contribution in [0.4, 0.5) is 0 Å². The molecule has 0 amide bonds. The van der Waals surface area contributed by atoms with Gasteiger partial charge in [0.25, 0.3) is 0 Å². The molecule has 0 radical (unpaired) electrons. The highest BCUT2D eigenvalue weighted by atomic mass is 15.3. The zero-order valence-corrected chi connectivity index (χ0v) is 10.7. The van der Waals surface area contributed by atoms with Gasteiger partial charge in [0.15, 0.2) is 0 Å². The summed E-state index contributed by atoms with van der Waals surface area (Å²) in [6.45, 7) is 5.20. The first-order valence-electron chi connectivity index (χ1n) is 6.46. The van der Waals surface area contributed by atoms with Crippen molar-refractivity contribution in [2.75, 3.05) is 7.05 Å². The Morgan fingerprint density at radius 1 is 1.56 bits per heavy atom. The van der Waals surface area contributed by atoms with Crippen LogP contribution in [0.2, 0.25) is 0 Å². The summed E-state index contributed by atoms with van der Waals surface area (Å²) in [6, 6.07) is 2.70. The molecular formula is C13H23N3. The van der Waals surface area contributed by atoms with E-state index in [0.717, 1.165) is 18.2 Å². The van der Waals surface area contributed by atoms with Gasteiger partial charge in [-0.15, -0.1) is 0 Å². The standard InChI is InChI=1S/C13H23N3/c1-4-16-13(8-10(2)15-16)12(14-3)9-11-6-5-7-11/h8,11-12,14H,4-7,9H2,1-3H3. The third-order valence-electron chi connectivity index (χ3n) is 3.73. The van der Waals surface area contributed by atoms with E-state index >= 15 is 0 Å². The lowest BCUT2D eigenvalue weighted by Crippen LogP contribution is -2.25. The Morgan fingerprint density at radius 3 is 2.81 bits per heavy atom. The molecule has 1 N–H and O–H groups in total. The summed E-state index contributed by atoms with van der Waals surface area (Å²) < 4.78 is 2.13. The van der Waals surface area contributed by atoms with Crippen LogP contribution >= 0.6 is 0 Å². The first-order valence-corrected chi connectivity index (χ1v) is 6.46. The molecule has 16 heavy (non-hydrogen) atoms. The molecule has 1 aromatic heterocycles. The zero-order chi connectivity index (χ0) is 11.5. The maximum absolute atomic E-state index is 4.53. The number of hydrogen-bond donors (Lipinski definition) is 1. The number of aromatic nitrogens is 2. The van der Waals surface area contributed by atoms with E-state index in [2.05, 4.69) is 42.1 Å². The fourth-order valence-corrected chi connectivity index (χ4v) is 2.55. The molecule has 1 saturated carbocycles. The Hall–Kier alpha value is -0.830. The topological polar surface area (TPSA) is 29.9 Å². The lowest BCUT2D eigenvalue weighted by molar-refractivity contribution is 0.261. The van der Waals surface area contributed by atoms with Crippen molar-refractivity contribution < 1.29 is 0 Å². The van der Waals surface area contributed by atoms with E-state index in [4.69, 9.17) is 0 Å². The maximum Gasteiger partial charge on any atom is 0.0597 e. The lowest BCUT2D eigenvalue weighted by atomic mass is 9.80. The van der Waals surface area contributed by atoms with Crippen molar-refractivity contribution in [3.8, 4) is 0 Å². The molecule has 3 heteroatoms. The van der Waals surface area contributed by atoms with Crippen LogP contribution in [-0.4, -0.2) is 16.8 Å². The van der Waals surface area contributed by atoms with Crippen molar-refractivity contribution in [1.82, 2.24) is 15.1 Å². The molecule has 1 atom stereocenters. The zero-order valence-electron chi connectivity index (χ0n) is 10.7. The van der Waals surface area contributed by atoms with Gasteiger partial charge < -0.3 is 5.32 Å². The molecule has 1 aliphatic rings. The van der Waals surface area contributed by atoms with Gasteiger partial charge in [-0.05, 0) is 39.3 Å². The van der Waals surface area contributed by atoms with Crippen LogP contribution in [0.1, 0.15) is 50.0 Å². The van der Waals surface area contributed by atoms with Gasteiger partial charge in [0, 0.05) is 12.6 Å². The predicted molar refractivity (Wildman–Crippen MR) is 66.4 cm³/mol. The van der Waals surface area contributed by atoms with Crippen molar-refractivity contribution in [2.45, 2.75) is 52.1 Å². The van der Waals surface area contributed by atoms with Crippen LogP contribution in [-0.2, 0) is 6.54 Å². The summed E-state index contributed by atoms with van der Waals surface area (Å²) in [5, 5.41) is 7.97. The van der Waals surface area contributed by atoms with Crippen molar-refractivity contribution in [3.05, 3.63) is 17.5 Å². The highest BCUT2D eigenvalue weighted by Gasteiger charge is 2.24. The quantitative estimate of drug-likeness (QED) is 0.828. The van der Waals surface area contributed by atoms with Crippen LogP contribution in [0.25, 0.3) is 0 Å². The number of aryl methyl sites for hydroxylation is 2. The van der Waals surface area contributed by atoms with Gasteiger partial charge >= 0.3 is 0 Å².